The number of nitrogens with one attached hydrogen (secondary N) is 3. The highest BCUT2D eigenvalue weighted by Gasteiger charge is 2.11. The number of aromatic nitrogens is 1. The summed E-state index contributed by atoms with van der Waals surface area (Å²) in [5.41, 5.74) is 2.46. The molecule has 0 unspecified atom stereocenters. The second-order valence-electron chi connectivity index (χ2n) is 5.66. The number of hydrogen-bond acceptors (Lipinski definition) is 6. The van der Waals surface area contributed by atoms with E-state index in [9.17, 15) is 4.79 Å². The van der Waals surface area contributed by atoms with Gasteiger partial charge in [0.05, 0.1) is 31.0 Å². The van der Waals surface area contributed by atoms with E-state index in [0.29, 0.717) is 18.0 Å². The number of morpholine rings is 1. The van der Waals surface area contributed by atoms with Crippen molar-refractivity contribution in [2.45, 2.75) is 13.8 Å². The molecular weight excluding hydrogens is 340 g/mol. The Morgan fingerprint density at radius 1 is 1.32 bits per heavy atom. The number of thiazole rings is 1. The van der Waals surface area contributed by atoms with Crippen LogP contribution in [-0.4, -0.2) is 80.8 Å². The third-order valence-corrected chi connectivity index (χ3v) is 4.72. The minimum Gasteiger partial charge on any atom is -0.379 e. The van der Waals surface area contributed by atoms with Crippen LogP contribution in [0.25, 0.3) is 0 Å². The minimum atomic E-state index is -0.0731. The molecule has 140 valence electrons. The van der Waals surface area contributed by atoms with Gasteiger partial charge < -0.3 is 20.7 Å². The summed E-state index contributed by atoms with van der Waals surface area (Å²) in [6, 6.07) is 0. The van der Waals surface area contributed by atoms with Crippen molar-refractivity contribution in [2.75, 3.05) is 59.0 Å². The van der Waals surface area contributed by atoms with Crippen molar-refractivity contribution in [2.24, 2.45) is 4.99 Å². The van der Waals surface area contributed by atoms with Crippen LogP contribution < -0.4 is 16.0 Å². The first kappa shape index (κ1) is 19.6. The summed E-state index contributed by atoms with van der Waals surface area (Å²) in [4.78, 5) is 23.7. The predicted octanol–water partition coefficient (Wildman–Crippen LogP) is 0.0686. The highest BCUT2D eigenvalue weighted by Crippen LogP contribution is 2.11. The minimum absolute atomic E-state index is 0.0731. The Balaban J connectivity index is 1.66. The number of rotatable bonds is 8. The number of ether oxygens (including phenoxy) is 1. The SMILES string of the molecule is CCNC(=NCCN1CCOCC1)NCCNC(=O)c1scnc1C. The van der Waals surface area contributed by atoms with Crippen molar-refractivity contribution < 1.29 is 9.53 Å². The second-order valence-corrected chi connectivity index (χ2v) is 6.52. The lowest BCUT2D eigenvalue weighted by atomic mass is 10.4. The van der Waals surface area contributed by atoms with Crippen LogP contribution in [0.4, 0.5) is 0 Å². The van der Waals surface area contributed by atoms with Crippen LogP contribution in [0.5, 0.6) is 0 Å². The van der Waals surface area contributed by atoms with E-state index in [2.05, 4.69) is 30.8 Å². The average molecular weight is 369 g/mol. The number of hydrogen-bond donors (Lipinski definition) is 3. The molecule has 0 spiro atoms. The van der Waals surface area contributed by atoms with E-state index in [0.717, 1.165) is 57.6 Å². The first-order chi connectivity index (χ1) is 12.2. The number of aryl methyl sites for hydroxylation is 1. The van der Waals surface area contributed by atoms with E-state index in [1.165, 1.54) is 11.3 Å². The molecule has 1 amide bonds. The molecule has 1 aromatic heterocycles. The lowest BCUT2D eigenvalue weighted by Gasteiger charge is -2.25. The predicted molar refractivity (Wildman–Crippen MR) is 100 cm³/mol. The largest absolute Gasteiger partial charge is 0.379 e. The molecule has 0 aliphatic carbocycles. The van der Waals surface area contributed by atoms with Gasteiger partial charge in [0.1, 0.15) is 4.88 Å². The molecule has 0 aromatic carbocycles. The third-order valence-electron chi connectivity index (χ3n) is 3.79. The molecule has 0 radical (unpaired) electrons. The summed E-state index contributed by atoms with van der Waals surface area (Å²) in [6.07, 6.45) is 0. The molecule has 1 fully saturated rings. The molecule has 0 bridgehead atoms. The van der Waals surface area contributed by atoms with Crippen LogP contribution in [0, 0.1) is 6.92 Å². The Hall–Kier alpha value is -1.71. The highest BCUT2D eigenvalue weighted by molar-refractivity contribution is 7.11. The van der Waals surface area contributed by atoms with E-state index in [4.69, 9.17) is 4.74 Å². The first-order valence-electron chi connectivity index (χ1n) is 8.71. The van der Waals surface area contributed by atoms with Gasteiger partial charge >= 0.3 is 0 Å². The number of nitrogens with zero attached hydrogens (tertiary/aromatic N) is 3. The van der Waals surface area contributed by atoms with Gasteiger partial charge in [-0.1, -0.05) is 0 Å². The second kappa shape index (κ2) is 11.0. The molecule has 2 heterocycles. The number of aliphatic imine (C=N–C) groups is 1. The monoisotopic (exact) mass is 368 g/mol. The van der Waals surface area contributed by atoms with Gasteiger partial charge in [0.15, 0.2) is 5.96 Å². The van der Waals surface area contributed by atoms with Gasteiger partial charge in [-0.25, -0.2) is 4.98 Å². The standard InChI is InChI=1S/C16H28N6O2S/c1-3-17-16(20-6-7-22-8-10-24-11-9-22)19-5-4-18-15(23)14-13(2)21-12-25-14/h12H,3-11H2,1-2H3,(H,18,23)(H2,17,19,20). The van der Waals surface area contributed by atoms with E-state index in [1.54, 1.807) is 5.51 Å². The molecule has 9 heteroatoms. The van der Waals surface area contributed by atoms with E-state index in [-0.39, 0.29) is 5.91 Å². The number of carbonyl (C=O) groups excluding carboxylic acids is 1. The number of guanidine groups is 1. The Kier molecular flexibility index (Phi) is 8.64. The zero-order chi connectivity index (χ0) is 17.9. The van der Waals surface area contributed by atoms with Gasteiger partial charge in [0.25, 0.3) is 5.91 Å². The summed E-state index contributed by atoms with van der Waals surface area (Å²) in [7, 11) is 0. The molecule has 8 nitrogen and oxygen atoms in total. The van der Waals surface area contributed by atoms with Crippen LogP contribution in [0.2, 0.25) is 0 Å². The molecule has 1 aromatic rings. The highest BCUT2D eigenvalue weighted by atomic mass is 32.1. The van der Waals surface area contributed by atoms with E-state index in [1.807, 2.05) is 13.8 Å². The van der Waals surface area contributed by atoms with Crippen molar-refractivity contribution in [3.63, 3.8) is 0 Å². The summed E-state index contributed by atoms with van der Waals surface area (Å²) in [5, 5.41) is 9.36. The molecule has 25 heavy (non-hydrogen) atoms. The Morgan fingerprint density at radius 2 is 2.08 bits per heavy atom. The van der Waals surface area contributed by atoms with Gasteiger partial charge in [-0.3, -0.25) is 14.7 Å². The first-order valence-corrected chi connectivity index (χ1v) is 9.59. The summed E-state index contributed by atoms with van der Waals surface area (Å²) in [5.74, 6) is 0.704. The quantitative estimate of drug-likeness (QED) is 0.342. The Bertz CT molecular complexity index is 557. The van der Waals surface area contributed by atoms with Gasteiger partial charge in [-0.15, -0.1) is 11.3 Å². The third kappa shape index (κ3) is 6.97. The van der Waals surface area contributed by atoms with Crippen LogP contribution in [-0.2, 0) is 4.74 Å². The van der Waals surface area contributed by atoms with E-state index >= 15 is 0 Å². The van der Waals surface area contributed by atoms with Crippen molar-refractivity contribution in [3.05, 3.63) is 16.1 Å². The normalized spacial score (nSPS) is 15.8. The van der Waals surface area contributed by atoms with Gasteiger partial charge in [-0.2, -0.15) is 0 Å². The van der Waals surface area contributed by atoms with Crippen LogP contribution >= 0.6 is 11.3 Å². The molecule has 0 saturated carbocycles. The smallest absolute Gasteiger partial charge is 0.263 e. The molecule has 1 aliphatic rings. The zero-order valence-corrected chi connectivity index (χ0v) is 15.8. The Morgan fingerprint density at radius 3 is 2.76 bits per heavy atom. The maximum atomic E-state index is 12.0. The van der Waals surface area contributed by atoms with Gasteiger partial charge in [0.2, 0.25) is 0 Å². The molecular formula is C16H28N6O2S. The van der Waals surface area contributed by atoms with Crippen molar-refractivity contribution in [1.82, 2.24) is 25.8 Å². The molecule has 2 rings (SSSR count). The van der Waals surface area contributed by atoms with Crippen LogP contribution in [0.3, 0.4) is 0 Å². The summed E-state index contributed by atoms with van der Waals surface area (Å²) < 4.78 is 5.34. The summed E-state index contributed by atoms with van der Waals surface area (Å²) >= 11 is 1.36. The maximum Gasteiger partial charge on any atom is 0.263 e. The lowest BCUT2D eigenvalue weighted by Crippen LogP contribution is -2.42. The number of amides is 1. The van der Waals surface area contributed by atoms with Gasteiger partial charge in [-0.05, 0) is 13.8 Å². The number of carbonyl (C=O) groups is 1. The topological polar surface area (TPSA) is 90.9 Å². The zero-order valence-electron chi connectivity index (χ0n) is 15.0. The van der Waals surface area contributed by atoms with Crippen LogP contribution in [0.1, 0.15) is 22.3 Å². The fourth-order valence-electron chi connectivity index (χ4n) is 2.43. The van der Waals surface area contributed by atoms with Crippen molar-refractivity contribution in [1.29, 1.82) is 0 Å². The molecule has 0 atom stereocenters. The van der Waals surface area contributed by atoms with E-state index < -0.39 is 0 Å². The fraction of sp³-hybridized carbons (Fsp3) is 0.688. The van der Waals surface area contributed by atoms with Crippen molar-refractivity contribution in [3.8, 4) is 0 Å². The van der Waals surface area contributed by atoms with Gasteiger partial charge in [0, 0.05) is 39.3 Å². The molecule has 1 saturated heterocycles. The van der Waals surface area contributed by atoms with Crippen molar-refractivity contribution >= 4 is 23.2 Å². The maximum absolute atomic E-state index is 12.0. The summed E-state index contributed by atoms with van der Waals surface area (Å²) in [6.45, 7) is 11.1. The average Bonchev–Trinajstić information content (AvgIpc) is 3.05. The molecule has 1 aliphatic heterocycles. The van der Waals surface area contributed by atoms with Crippen LogP contribution in [0.15, 0.2) is 10.5 Å². The lowest BCUT2D eigenvalue weighted by molar-refractivity contribution is 0.0394. The molecule has 3 N–H and O–H groups in total. The fourth-order valence-corrected chi connectivity index (χ4v) is 3.15. The Labute approximate surface area is 153 Å².